The lowest BCUT2D eigenvalue weighted by molar-refractivity contribution is -0.118. The molecule has 0 spiro atoms. The van der Waals surface area contributed by atoms with E-state index in [1.54, 1.807) is 42.5 Å². The third-order valence-corrected chi connectivity index (χ3v) is 5.15. The lowest BCUT2D eigenvalue weighted by Gasteiger charge is -2.10. The van der Waals surface area contributed by atoms with E-state index < -0.39 is 5.91 Å². The highest BCUT2D eigenvalue weighted by Gasteiger charge is 2.25. The van der Waals surface area contributed by atoms with Gasteiger partial charge < -0.3 is 23.9 Å². The second kappa shape index (κ2) is 8.11. The maximum Gasteiger partial charge on any atom is 0.262 e. The zero-order valence-corrected chi connectivity index (χ0v) is 17.2. The first-order chi connectivity index (χ1) is 15.6. The minimum atomic E-state index is -0.403. The van der Waals surface area contributed by atoms with Gasteiger partial charge >= 0.3 is 0 Å². The number of fused-ring (bicyclic) bond motifs is 2. The Kier molecular flexibility index (Phi) is 4.99. The summed E-state index contributed by atoms with van der Waals surface area (Å²) in [6.07, 6.45) is 0. The molecule has 0 fully saturated rings. The molecule has 0 bridgehead atoms. The van der Waals surface area contributed by atoms with Crippen molar-refractivity contribution in [2.75, 3.05) is 18.7 Å². The lowest BCUT2D eigenvalue weighted by Crippen LogP contribution is -2.21. The Bertz CT molecular complexity index is 1340. The first-order valence-corrected chi connectivity index (χ1v) is 10.0. The number of ketones is 1. The number of furan rings is 1. The number of rotatable bonds is 6. The highest BCUT2D eigenvalue weighted by molar-refractivity contribution is 6.17. The number of ether oxygens (including phenoxy) is 3. The Morgan fingerprint density at radius 1 is 0.969 bits per heavy atom. The third-order valence-electron chi connectivity index (χ3n) is 5.15. The van der Waals surface area contributed by atoms with Gasteiger partial charge in [0.15, 0.2) is 23.9 Å². The van der Waals surface area contributed by atoms with E-state index in [1.165, 1.54) is 0 Å². The summed E-state index contributed by atoms with van der Waals surface area (Å²) in [5, 5.41) is 3.42. The number of hydrogen-bond donors (Lipinski definition) is 1. The molecular weight excluding hydrogens is 410 g/mol. The van der Waals surface area contributed by atoms with Crippen molar-refractivity contribution in [3.8, 4) is 17.2 Å². The zero-order chi connectivity index (χ0) is 22.1. The maximum absolute atomic E-state index is 13.3. The van der Waals surface area contributed by atoms with Gasteiger partial charge in [-0.2, -0.15) is 0 Å². The number of carbonyl (C=O) groups is 2. The Morgan fingerprint density at radius 2 is 1.75 bits per heavy atom. The van der Waals surface area contributed by atoms with Crippen molar-refractivity contribution in [3.63, 3.8) is 0 Å². The van der Waals surface area contributed by atoms with Crippen LogP contribution >= 0.6 is 0 Å². The Morgan fingerprint density at radius 3 is 2.62 bits per heavy atom. The molecule has 32 heavy (non-hydrogen) atoms. The molecule has 1 aliphatic rings. The van der Waals surface area contributed by atoms with Gasteiger partial charge in [0.2, 0.25) is 12.6 Å². The summed E-state index contributed by atoms with van der Waals surface area (Å²) in [6.45, 7) is 1.81. The summed E-state index contributed by atoms with van der Waals surface area (Å²) in [5.41, 5.74) is 2.08. The molecule has 0 aliphatic carbocycles. The van der Waals surface area contributed by atoms with E-state index >= 15 is 0 Å². The molecule has 0 radical (unpaired) electrons. The molecule has 4 aromatic rings. The second-order valence-corrected chi connectivity index (χ2v) is 7.30. The monoisotopic (exact) mass is 429 g/mol. The van der Waals surface area contributed by atoms with Gasteiger partial charge in [-0.3, -0.25) is 9.59 Å². The molecule has 1 amide bonds. The molecule has 7 heteroatoms. The zero-order valence-electron chi connectivity index (χ0n) is 17.2. The summed E-state index contributed by atoms with van der Waals surface area (Å²) >= 11 is 0. The van der Waals surface area contributed by atoms with E-state index in [9.17, 15) is 9.59 Å². The largest absolute Gasteiger partial charge is 0.483 e. The summed E-state index contributed by atoms with van der Waals surface area (Å²) in [5.74, 6) is 0.942. The molecule has 5 rings (SSSR count). The molecule has 1 N–H and O–H groups in total. The highest BCUT2D eigenvalue weighted by Crippen LogP contribution is 2.36. The topological polar surface area (TPSA) is 87.0 Å². The number of para-hydroxylation sites is 2. The lowest BCUT2D eigenvalue weighted by atomic mass is 10.1. The molecule has 1 aromatic heterocycles. The predicted octanol–water partition coefficient (Wildman–Crippen LogP) is 4.72. The standard InChI is InChI=1S/C25H19NO6/c1-15-6-2-4-8-18(15)29-13-22(27)26-23-17-7-3-5-9-19(17)32-25(23)24(28)16-10-11-20-21(12-16)31-14-30-20/h2-12H,13-14H2,1H3,(H,26,27). The molecule has 160 valence electrons. The summed E-state index contributed by atoms with van der Waals surface area (Å²) < 4.78 is 22.2. The number of carbonyl (C=O) groups excluding carboxylic acids is 2. The van der Waals surface area contributed by atoms with E-state index in [0.717, 1.165) is 5.56 Å². The van der Waals surface area contributed by atoms with Gasteiger partial charge in [-0.1, -0.05) is 30.3 Å². The number of amides is 1. The minimum absolute atomic E-state index is 0.0364. The average Bonchev–Trinajstić information content (AvgIpc) is 3.42. The fourth-order valence-electron chi connectivity index (χ4n) is 3.54. The molecule has 0 saturated carbocycles. The molecule has 7 nitrogen and oxygen atoms in total. The van der Waals surface area contributed by atoms with Crippen LogP contribution in [0, 0.1) is 6.92 Å². The van der Waals surface area contributed by atoms with Crippen molar-refractivity contribution < 1.29 is 28.2 Å². The van der Waals surface area contributed by atoms with Gasteiger partial charge in [-0.25, -0.2) is 0 Å². The SMILES string of the molecule is Cc1ccccc1OCC(=O)Nc1c(C(=O)c2ccc3c(c2)OCO3)oc2ccccc12. The molecule has 3 aromatic carbocycles. The number of anilines is 1. The first kappa shape index (κ1) is 19.7. The molecule has 2 heterocycles. The number of benzene rings is 3. The second-order valence-electron chi connectivity index (χ2n) is 7.30. The van der Waals surface area contributed by atoms with E-state index in [-0.39, 0.29) is 24.9 Å². The quantitative estimate of drug-likeness (QED) is 0.447. The van der Waals surface area contributed by atoms with Crippen LogP contribution in [0.3, 0.4) is 0 Å². The van der Waals surface area contributed by atoms with Crippen molar-refractivity contribution in [3.05, 3.63) is 83.6 Å². The van der Waals surface area contributed by atoms with E-state index in [0.29, 0.717) is 39.5 Å². The van der Waals surface area contributed by atoms with E-state index in [4.69, 9.17) is 18.6 Å². The van der Waals surface area contributed by atoms with Crippen molar-refractivity contribution >= 4 is 28.3 Å². The van der Waals surface area contributed by atoms with Crippen LogP contribution in [0.1, 0.15) is 21.7 Å². The van der Waals surface area contributed by atoms with Crippen LogP contribution in [0.5, 0.6) is 17.2 Å². The third kappa shape index (κ3) is 3.65. The van der Waals surface area contributed by atoms with Crippen LogP contribution < -0.4 is 19.5 Å². The van der Waals surface area contributed by atoms with Gasteiger partial charge in [0.25, 0.3) is 5.91 Å². The van der Waals surface area contributed by atoms with E-state index in [2.05, 4.69) is 5.32 Å². The van der Waals surface area contributed by atoms with Crippen LogP contribution in [0.15, 0.2) is 71.1 Å². The van der Waals surface area contributed by atoms with Crippen LogP contribution in [-0.4, -0.2) is 25.1 Å². The van der Waals surface area contributed by atoms with Crippen molar-refractivity contribution in [1.82, 2.24) is 0 Å². The van der Waals surface area contributed by atoms with Gasteiger partial charge in [0.1, 0.15) is 11.3 Å². The van der Waals surface area contributed by atoms with Crippen LogP contribution in [-0.2, 0) is 4.79 Å². The number of nitrogens with one attached hydrogen (secondary N) is 1. The number of aryl methyl sites for hydroxylation is 1. The van der Waals surface area contributed by atoms with Gasteiger partial charge in [-0.15, -0.1) is 0 Å². The highest BCUT2D eigenvalue weighted by atomic mass is 16.7. The average molecular weight is 429 g/mol. The first-order valence-electron chi connectivity index (χ1n) is 10.0. The molecular formula is C25H19NO6. The summed E-state index contributed by atoms with van der Waals surface area (Å²) in [7, 11) is 0. The van der Waals surface area contributed by atoms with Crippen molar-refractivity contribution in [2.45, 2.75) is 6.92 Å². The number of hydrogen-bond acceptors (Lipinski definition) is 6. The predicted molar refractivity (Wildman–Crippen MR) is 118 cm³/mol. The Labute approximate surface area is 183 Å². The minimum Gasteiger partial charge on any atom is -0.483 e. The summed E-state index contributed by atoms with van der Waals surface area (Å²) in [6, 6.07) is 19.5. The van der Waals surface area contributed by atoms with E-state index in [1.807, 2.05) is 31.2 Å². The van der Waals surface area contributed by atoms with Crippen LogP contribution in [0.25, 0.3) is 11.0 Å². The van der Waals surface area contributed by atoms with Gasteiger partial charge in [-0.05, 0) is 48.9 Å². The van der Waals surface area contributed by atoms with Crippen molar-refractivity contribution in [2.24, 2.45) is 0 Å². The summed E-state index contributed by atoms with van der Waals surface area (Å²) in [4.78, 5) is 25.9. The fourth-order valence-corrected chi connectivity index (χ4v) is 3.54. The fraction of sp³-hybridized carbons (Fsp3) is 0.120. The molecule has 0 saturated heterocycles. The van der Waals surface area contributed by atoms with Gasteiger partial charge in [0, 0.05) is 10.9 Å². The molecule has 0 unspecified atom stereocenters. The van der Waals surface area contributed by atoms with Gasteiger partial charge in [0.05, 0.1) is 5.69 Å². The molecule has 0 atom stereocenters. The maximum atomic E-state index is 13.3. The Balaban J connectivity index is 1.43. The van der Waals surface area contributed by atoms with Crippen molar-refractivity contribution in [1.29, 1.82) is 0 Å². The van der Waals surface area contributed by atoms with Crippen LogP contribution in [0.2, 0.25) is 0 Å². The Hall–Kier alpha value is -4.26. The smallest absolute Gasteiger partial charge is 0.262 e. The van der Waals surface area contributed by atoms with Crippen LogP contribution in [0.4, 0.5) is 5.69 Å². The normalized spacial score (nSPS) is 12.0. The molecule has 1 aliphatic heterocycles.